The number of rotatable bonds is 1. The molecule has 0 saturated heterocycles. The van der Waals surface area contributed by atoms with E-state index in [2.05, 4.69) is 13.8 Å². The third-order valence-corrected chi connectivity index (χ3v) is 5.81. The van der Waals surface area contributed by atoms with Crippen LogP contribution in [-0.4, -0.2) is 22.6 Å². The van der Waals surface area contributed by atoms with Gasteiger partial charge in [0.25, 0.3) is 0 Å². The van der Waals surface area contributed by atoms with Gasteiger partial charge in [-0.3, -0.25) is 4.79 Å². The van der Waals surface area contributed by atoms with Crippen molar-refractivity contribution in [2.24, 2.45) is 17.3 Å². The monoisotopic (exact) mass is 288 g/mol. The fourth-order valence-electron chi connectivity index (χ4n) is 4.51. The van der Waals surface area contributed by atoms with E-state index in [9.17, 15) is 15.0 Å². The highest BCUT2D eigenvalue weighted by molar-refractivity contribution is 5.99. The van der Waals surface area contributed by atoms with Crippen LogP contribution in [0.1, 0.15) is 61.4 Å². The van der Waals surface area contributed by atoms with Gasteiger partial charge in [-0.1, -0.05) is 26.7 Å². The number of fused-ring (bicyclic) bond motifs is 3. The largest absolute Gasteiger partial charge is 0.508 e. The Labute approximate surface area is 126 Å². The number of ketones is 1. The van der Waals surface area contributed by atoms with E-state index in [1.54, 1.807) is 18.2 Å². The first-order valence-electron chi connectivity index (χ1n) is 7.93. The molecule has 4 atom stereocenters. The minimum Gasteiger partial charge on any atom is -0.508 e. The van der Waals surface area contributed by atoms with Crippen molar-refractivity contribution in [2.45, 2.75) is 45.4 Å². The van der Waals surface area contributed by atoms with Crippen molar-refractivity contribution in [2.75, 3.05) is 6.61 Å². The summed E-state index contributed by atoms with van der Waals surface area (Å²) in [7, 11) is 0. The van der Waals surface area contributed by atoms with E-state index in [0.29, 0.717) is 12.3 Å². The van der Waals surface area contributed by atoms with Crippen LogP contribution in [0.25, 0.3) is 0 Å². The summed E-state index contributed by atoms with van der Waals surface area (Å²) >= 11 is 0. The molecular formula is C18H24O3. The van der Waals surface area contributed by atoms with Crippen LogP contribution in [0.3, 0.4) is 0 Å². The topological polar surface area (TPSA) is 57.5 Å². The summed E-state index contributed by atoms with van der Waals surface area (Å²) in [6.07, 6.45) is 3.69. The summed E-state index contributed by atoms with van der Waals surface area (Å²) in [5.41, 5.74) is 1.56. The highest BCUT2D eigenvalue weighted by Gasteiger charge is 2.47. The lowest BCUT2D eigenvalue weighted by atomic mass is 9.60. The number of aliphatic hydroxyl groups is 1. The molecule has 2 aliphatic rings. The third kappa shape index (κ3) is 2.28. The van der Waals surface area contributed by atoms with Gasteiger partial charge in [0.15, 0.2) is 5.78 Å². The fourth-order valence-corrected chi connectivity index (χ4v) is 4.51. The molecule has 0 heterocycles. The molecule has 1 fully saturated rings. The van der Waals surface area contributed by atoms with Gasteiger partial charge in [-0.25, -0.2) is 0 Å². The normalized spacial score (nSPS) is 35.8. The zero-order valence-corrected chi connectivity index (χ0v) is 12.8. The van der Waals surface area contributed by atoms with Gasteiger partial charge >= 0.3 is 0 Å². The van der Waals surface area contributed by atoms with E-state index >= 15 is 0 Å². The number of phenolic OH excluding ortho intramolecular Hbond substituents is 1. The zero-order chi connectivity index (χ0) is 15.2. The number of hydrogen-bond acceptors (Lipinski definition) is 3. The molecular weight excluding hydrogens is 264 g/mol. The van der Waals surface area contributed by atoms with Crippen LogP contribution >= 0.6 is 0 Å². The third-order valence-electron chi connectivity index (χ3n) is 5.81. The molecule has 1 saturated carbocycles. The van der Waals surface area contributed by atoms with E-state index in [1.165, 1.54) is 0 Å². The molecule has 114 valence electrons. The van der Waals surface area contributed by atoms with Gasteiger partial charge in [-0.05, 0) is 53.4 Å². The maximum Gasteiger partial charge on any atom is 0.163 e. The molecule has 0 spiro atoms. The number of phenols is 1. The number of carbonyl (C=O) groups is 1. The lowest BCUT2D eigenvalue weighted by molar-refractivity contribution is 0.0434. The standard InChI is InChI=1S/C18H24O3/c1-11-4-3-7-18(2,10-19)15-9-16(21)13-6-5-12(20)8-14(13)17(11)15/h5-6,8,11,15,17,19-20H,3-4,7,9-10H2,1-2H3/t11?,15?,17?,18-/m1/s1. The van der Waals surface area contributed by atoms with Gasteiger partial charge in [0.1, 0.15) is 5.75 Å². The Morgan fingerprint density at radius 2 is 2.14 bits per heavy atom. The molecule has 3 heteroatoms. The Balaban J connectivity index is 2.15. The smallest absolute Gasteiger partial charge is 0.163 e. The van der Waals surface area contributed by atoms with E-state index < -0.39 is 0 Å². The Hall–Kier alpha value is -1.35. The molecule has 0 bridgehead atoms. The molecule has 0 aliphatic heterocycles. The van der Waals surface area contributed by atoms with Crippen LogP contribution < -0.4 is 0 Å². The number of carbonyl (C=O) groups excluding carboxylic acids is 1. The van der Waals surface area contributed by atoms with Crippen LogP contribution in [0.5, 0.6) is 5.75 Å². The van der Waals surface area contributed by atoms with Gasteiger partial charge < -0.3 is 10.2 Å². The fraction of sp³-hybridized carbons (Fsp3) is 0.611. The van der Waals surface area contributed by atoms with Crippen LogP contribution in [0, 0.1) is 17.3 Å². The van der Waals surface area contributed by atoms with Gasteiger partial charge in [-0.2, -0.15) is 0 Å². The van der Waals surface area contributed by atoms with Crippen LogP contribution in [0.2, 0.25) is 0 Å². The molecule has 3 unspecified atom stereocenters. The van der Waals surface area contributed by atoms with Gasteiger partial charge in [0.2, 0.25) is 0 Å². The van der Waals surface area contributed by atoms with Crippen molar-refractivity contribution in [3.63, 3.8) is 0 Å². The molecule has 1 aromatic carbocycles. The Morgan fingerprint density at radius 1 is 1.38 bits per heavy atom. The first-order valence-corrected chi connectivity index (χ1v) is 7.93. The Bertz CT molecular complexity index is 566. The SMILES string of the molecule is CC1CCC[C@](C)(CO)C2CC(=O)c3ccc(O)cc3C12. The molecule has 0 amide bonds. The summed E-state index contributed by atoms with van der Waals surface area (Å²) in [5, 5.41) is 19.8. The second kappa shape index (κ2) is 5.13. The van der Waals surface area contributed by atoms with Gasteiger partial charge in [0.05, 0.1) is 0 Å². The average molecular weight is 288 g/mol. The maximum atomic E-state index is 12.5. The Kier molecular flexibility index (Phi) is 3.56. The van der Waals surface area contributed by atoms with Crippen molar-refractivity contribution in [1.82, 2.24) is 0 Å². The summed E-state index contributed by atoms with van der Waals surface area (Å²) in [4.78, 5) is 12.5. The second-order valence-corrected chi connectivity index (χ2v) is 7.21. The zero-order valence-electron chi connectivity index (χ0n) is 12.8. The summed E-state index contributed by atoms with van der Waals surface area (Å²) in [5.74, 6) is 1.27. The number of aliphatic hydroxyl groups excluding tert-OH is 1. The molecule has 2 N–H and O–H groups in total. The van der Waals surface area contributed by atoms with Crippen LogP contribution in [0.15, 0.2) is 18.2 Å². The molecule has 3 nitrogen and oxygen atoms in total. The highest BCUT2D eigenvalue weighted by Crippen LogP contribution is 2.54. The van der Waals surface area contributed by atoms with Crippen LogP contribution in [-0.2, 0) is 0 Å². The predicted octanol–water partition coefficient (Wildman–Crippen LogP) is 3.50. The number of hydrogen-bond donors (Lipinski definition) is 2. The summed E-state index contributed by atoms with van der Waals surface area (Å²) in [6.45, 7) is 4.48. The van der Waals surface area contributed by atoms with Crippen molar-refractivity contribution < 1.29 is 15.0 Å². The number of aromatic hydroxyl groups is 1. The molecule has 21 heavy (non-hydrogen) atoms. The highest BCUT2D eigenvalue weighted by atomic mass is 16.3. The first kappa shape index (κ1) is 14.6. The summed E-state index contributed by atoms with van der Waals surface area (Å²) in [6, 6.07) is 5.13. The summed E-state index contributed by atoms with van der Waals surface area (Å²) < 4.78 is 0. The van der Waals surface area contributed by atoms with E-state index in [1.807, 2.05) is 0 Å². The predicted molar refractivity (Wildman–Crippen MR) is 81.5 cm³/mol. The number of Topliss-reactive ketones (excluding diaryl/α,β-unsaturated/α-hetero) is 1. The maximum absolute atomic E-state index is 12.5. The van der Waals surface area contributed by atoms with E-state index in [-0.39, 0.29) is 35.4 Å². The molecule has 3 rings (SSSR count). The van der Waals surface area contributed by atoms with Crippen molar-refractivity contribution >= 4 is 5.78 Å². The lowest BCUT2D eigenvalue weighted by Crippen LogP contribution is -2.40. The van der Waals surface area contributed by atoms with E-state index in [4.69, 9.17) is 0 Å². The van der Waals surface area contributed by atoms with Crippen LogP contribution in [0.4, 0.5) is 0 Å². The average Bonchev–Trinajstić information content (AvgIpc) is 2.57. The lowest BCUT2D eigenvalue weighted by Gasteiger charge is -2.44. The quantitative estimate of drug-likeness (QED) is 0.831. The van der Waals surface area contributed by atoms with Crippen molar-refractivity contribution in [1.29, 1.82) is 0 Å². The van der Waals surface area contributed by atoms with Gasteiger partial charge in [0, 0.05) is 18.6 Å². The minimum atomic E-state index is -0.200. The second-order valence-electron chi connectivity index (χ2n) is 7.21. The molecule has 1 aromatic rings. The number of benzene rings is 1. The Morgan fingerprint density at radius 3 is 2.86 bits per heavy atom. The minimum absolute atomic E-state index is 0.127. The molecule has 0 aromatic heterocycles. The van der Waals surface area contributed by atoms with Crippen molar-refractivity contribution in [3.05, 3.63) is 29.3 Å². The first-order chi connectivity index (χ1) is 9.96. The molecule has 0 radical (unpaired) electrons. The molecule has 2 aliphatic carbocycles. The van der Waals surface area contributed by atoms with Crippen molar-refractivity contribution in [3.8, 4) is 5.75 Å². The van der Waals surface area contributed by atoms with E-state index in [0.717, 1.165) is 30.4 Å². The van der Waals surface area contributed by atoms with Gasteiger partial charge in [-0.15, -0.1) is 0 Å².